The predicted molar refractivity (Wildman–Crippen MR) is 38.1 cm³/mol. The zero-order valence-electron chi connectivity index (χ0n) is 8.25. The molecule has 0 amide bonds. The van der Waals surface area contributed by atoms with Crippen LogP contribution in [0.5, 0.6) is 0 Å². The van der Waals surface area contributed by atoms with Crippen LogP contribution in [0.3, 0.4) is 0 Å². The predicted octanol–water partition coefficient (Wildman–Crippen LogP) is -2.89. The van der Waals surface area contributed by atoms with Gasteiger partial charge in [0.25, 0.3) is 6.17 Å². The maximum Gasteiger partial charge on any atom is 1.00 e. The minimum atomic E-state index is -4.44. The maximum absolute atomic E-state index is 13.2. The normalized spacial score (nSPS) is 28.2. The van der Waals surface area contributed by atoms with Crippen molar-refractivity contribution >= 4 is 5.97 Å². The van der Waals surface area contributed by atoms with Crippen molar-refractivity contribution in [3.05, 3.63) is 33.4 Å². The fraction of sp³-hybridized carbons (Fsp3) is 0.286. The molecule has 1 aliphatic rings. The van der Waals surface area contributed by atoms with E-state index in [0.717, 1.165) is 0 Å². The van der Waals surface area contributed by atoms with Gasteiger partial charge < -0.3 is 9.90 Å². The number of nitrogens with zero attached hydrogens (tertiary/aromatic N) is 1. The molecule has 2 atom stereocenters. The number of rotatable bonds is 2. The van der Waals surface area contributed by atoms with Crippen LogP contribution in [-0.4, -0.2) is 22.9 Å². The van der Waals surface area contributed by atoms with Crippen LogP contribution in [0.1, 0.15) is 0 Å². The zero-order valence-corrected chi connectivity index (χ0v) is 11.4. The molecule has 0 saturated heterocycles. The number of hydrogen-bond donors (Lipinski definition) is 0. The summed E-state index contributed by atoms with van der Waals surface area (Å²) in [6.07, 6.45) is -3.98. The molecule has 0 aromatic rings. The molecule has 17 heavy (non-hydrogen) atoms. The third-order valence-corrected chi connectivity index (χ3v) is 1.91. The van der Waals surface area contributed by atoms with Crippen LogP contribution in [0.25, 0.3) is 0 Å². The average molecular weight is 279 g/mol. The Hall–Kier alpha value is -0.294. The molecule has 5 nitrogen and oxygen atoms in total. The monoisotopic (exact) mass is 279 g/mol. The molecule has 1 aliphatic carbocycles. The van der Waals surface area contributed by atoms with Crippen LogP contribution < -0.4 is 56.5 Å². The molecule has 0 heterocycles. The first-order valence-electron chi connectivity index (χ1n) is 3.69. The van der Waals surface area contributed by atoms with E-state index in [1.165, 1.54) is 0 Å². The van der Waals surface area contributed by atoms with Gasteiger partial charge in [0.1, 0.15) is 0 Å². The standard InChI is InChI=1S/C7H3F4NO4.K/c8-3-1-2(6(13)14)4(9)5(10)7(3,11)12(15)16;/h1,5H,(H,13,14);/q;+1/p-1. The van der Waals surface area contributed by atoms with Gasteiger partial charge in [-0.05, 0) is 6.08 Å². The molecule has 1 rings (SSSR count). The number of aliphatic carboxylic acids is 1. The second kappa shape index (κ2) is 5.57. The first kappa shape index (κ1) is 16.7. The van der Waals surface area contributed by atoms with Crippen LogP contribution in [-0.2, 0) is 4.79 Å². The third-order valence-electron chi connectivity index (χ3n) is 1.91. The largest absolute Gasteiger partial charge is 1.00 e. The van der Waals surface area contributed by atoms with Gasteiger partial charge in [-0.15, -0.1) is 0 Å². The van der Waals surface area contributed by atoms with Crippen LogP contribution in [0, 0.1) is 10.1 Å². The molecule has 0 aliphatic heterocycles. The summed E-state index contributed by atoms with van der Waals surface area (Å²) in [5.41, 5.74) is -1.60. The second-order valence-electron chi connectivity index (χ2n) is 2.83. The first-order chi connectivity index (χ1) is 7.22. The molecule has 2 unspecified atom stereocenters. The molecular formula is C7H2F4KNO4. The summed E-state index contributed by atoms with van der Waals surface area (Å²) in [5.74, 6) is -11.4. The maximum atomic E-state index is 13.2. The summed E-state index contributed by atoms with van der Waals surface area (Å²) in [4.78, 5) is 18.2. The van der Waals surface area contributed by atoms with E-state index in [1.807, 2.05) is 0 Å². The van der Waals surface area contributed by atoms with E-state index >= 15 is 0 Å². The van der Waals surface area contributed by atoms with Crippen molar-refractivity contribution < 1.29 is 83.8 Å². The molecule has 0 radical (unpaired) electrons. The molecule has 0 spiro atoms. The van der Waals surface area contributed by atoms with E-state index in [0.29, 0.717) is 0 Å². The van der Waals surface area contributed by atoms with Crippen LogP contribution in [0.2, 0.25) is 0 Å². The molecular weight excluding hydrogens is 277 g/mol. The average Bonchev–Trinajstić information content (AvgIpc) is 2.19. The van der Waals surface area contributed by atoms with Crippen molar-refractivity contribution in [3.63, 3.8) is 0 Å². The van der Waals surface area contributed by atoms with E-state index in [9.17, 15) is 37.6 Å². The summed E-state index contributed by atoms with van der Waals surface area (Å²) < 4.78 is 51.8. The van der Waals surface area contributed by atoms with Crippen molar-refractivity contribution in [1.82, 2.24) is 0 Å². The SMILES string of the molecule is O=C([O-])C1=C(F)C(F)C(F)([N+](=O)[O-])C(F)=C1.[K+]. The van der Waals surface area contributed by atoms with Gasteiger partial charge in [0, 0.05) is 5.57 Å². The minimum Gasteiger partial charge on any atom is -0.545 e. The summed E-state index contributed by atoms with van der Waals surface area (Å²) in [6, 6.07) is 0. The Kier molecular flexibility index (Phi) is 5.47. The Morgan fingerprint density at radius 3 is 2.29 bits per heavy atom. The van der Waals surface area contributed by atoms with Crippen LogP contribution >= 0.6 is 0 Å². The Labute approximate surface area is 134 Å². The number of carbonyl (C=O) groups excluding carboxylic acids is 1. The minimum absolute atomic E-state index is 0. The van der Waals surface area contributed by atoms with Gasteiger partial charge in [0.2, 0.25) is 5.83 Å². The molecule has 88 valence electrons. The Morgan fingerprint density at radius 2 is 1.94 bits per heavy atom. The van der Waals surface area contributed by atoms with Gasteiger partial charge in [-0.1, -0.05) is 0 Å². The topological polar surface area (TPSA) is 83.3 Å². The Morgan fingerprint density at radius 1 is 1.47 bits per heavy atom. The third kappa shape index (κ3) is 2.60. The van der Waals surface area contributed by atoms with Crippen LogP contribution in [0.15, 0.2) is 23.3 Å². The molecule has 0 fully saturated rings. The number of carboxylic acids is 1. The molecule has 10 heteroatoms. The summed E-state index contributed by atoms with van der Waals surface area (Å²) >= 11 is 0. The van der Waals surface area contributed by atoms with Gasteiger partial charge in [-0.25, -0.2) is 13.2 Å². The van der Waals surface area contributed by atoms with Gasteiger partial charge >= 0.3 is 57.2 Å². The fourth-order valence-corrected chi connectivity index (χ4v) is 1.06. The van der Waals surface area contributed by atoms with E-state index in [1.54, 1.807) is 0 Å². The smallest absolute Gasteiger partial charge is 0.545 e. The molecule has 0 bridgehead atoms. The zero-order chi connectivity index (χ0) is 12.7. The summed E-state index contributed by atoms with van der Waals surface area (Å²) in [5, 5.41) is 20.2. The Balaban J connectivity index is 0.00000256. The van der Waals surface area contributed by atoms with Gasteiger partial charge in [0.05, 0.1) is 10.9 Å². The number of halogens is 4. The molecule has 0 aromatic carbocycles. The van der Waals surface area contributed by atoms with Crippen molar-refractivity contribution in [2.24, 2.45) is 0 Å². The van der Waals surface area contributed by atoms with Gasteiger partial charge in [-0.3, -0.25) is 10.1 Å². The van der Waals surface area contributed by atoms with Crippen LogP contribution in [0.4, 0.5) is 17.6 Å². The van der Waals surface area contributed by atoms with Crippen molar-refractivity contribution in [2.75, 3.05) is 0 Å². The van der Waals surface area contributed by atoms with Gasteiger partial charge in [-0.2, -0.15) is 4.39 Å². The van der Waals surface area contributed by atoms with E-state index in [4.69, 9.17) is 0 Å². The number of carbonyl (C=O) groups is 1. The van der Waals surface area contributed by atoms with Crippen molar-refractivity contribution in [2.45, 2.75) is 12.0 Å². The number of carboxylic acid groups (broad SMARTS) is 1. The van der Waals surface area contributed by atoms with Crippen molar-refractivity contribution in [3.8, 4) is 0 Å². The molecule has 0 saturated carbocycles. The molecule has 0 N–H and O–H groups in total. The summed E-state index contributed by atoms with van der Waals surface area (Å²) in [6.45, 7) is 0. The van der Waals surface area contributed by atoms with E-state index < -0.39 is 40.1 Å². The summed E-state index contributed by atoms with van der Waals surface area (Å²) in [7, 11) is 0. The fourth-order valence-electron chi connectivity index (χ4n) is 1.06. The number of nitro groups is 1. The van der Waals surface area contributed by atoms with E-state index in [-0.39, 0.29) is 57.5 Å². The first-order valence-corrected chi connectivity index (χ1v) is 3.69. The molecule has 0 aromatic heterocycles. The van der Waals surface area contributed by atoms with Crippen molar-refractivity contribution in [1.29, 1.82) is 0 Å². The number of hydrogen-bond acceptors (Lipinski definition) is 4. The Bertz CT molecular complexity index is 438. The number of alkyl halides is 2. The van der Waals surface area contributed by atoms with E-state index in [2.05, 4.69) is 0 Å². The second-order valence-corrected chi connectivity index (χ2v) is 2.83. The van der Waals surface area contributed by atoms with Gasteiger partial charge in [0.15, 0.2) is 5.83 Å². The quantitative estimate of drug-likeness (QED) is 0.179.